The van der Waals surface area contributed by atoms with Gasteiger partial charge in [0.05, 0.1) is 22.1 Å². The first kappa shape index (κ1) is 50.4. The van der Waals surface area contributed by atoms with Gasteiger partial charge in [-0.05, 0) is 122 Å². The maximum absolute atomic E-state index is 14.1. The van der Waals surface area contributed by atoms with Crippen molar-refractivity contribution in [2.75, 3.05) is 55.3 Å². The third-order valence-corrected chi connectivity index (χ3v) is 15.2. The van der Waals surface area contributed by atoms with Gasteiger partial charge in [-0.1, -0.05) is 73.1 Å². The molecular formula is C46H51ClF3N4O7PS3. The fourth-order valence-electron chi connectivity index (χ4n) is 7.54. The summed E-state index contributed by atoms with van der Waals surface area (Å²) < 4.78 is 86.9. The lowest BCUT2D eigenvalue weighted by atomic mass is 9.87. The predicted octanol–water partition coefficient (Wildman–Crippen LogP) is 9.94. The van der Waals surface area contributed by atoms with Gasteiger partial charge in [-0.2, -0.15) is 13.2 Å². The predicted molar refractivity (Wildman–Crippen MR) is 254 cm³/mol. The van der Waals surface area contributed by atoms with Crippen molar-refractivity contribution in [2.45, 2.75) is 58.8 Å². The molecule has 0 spiro atoms. The Bertz CT molecular complexity index is 2440. The number of carbonyl (C=O) groups excluding carboxylic acids is 1. The summed E-state index contributed by atoms with van der Waals surface area (Å²) in [5, 5.41) is 3.82. The van der Waals surface area contributed by atoms with Crippen molar-refractivity contribution in [3.8, 4) is 11.1 Å². The van der Waals surface area contributed by atoms with Crippen molar-refractivity contribution >= 4 is 70.3 Å². The Balaban J connectivity index is 1.09. The Hall–Kier alpha value is -4.03. The summed E-state index contributed by atoms with van der Waals surface area (Å²) >= 11 is 7.59. The molecule has 1 amide bonds. The van der Waals surface area contributed by atoms with E-state index in [1.54, 1.807) is 12.1 Å². The number of halogens is 4. The van der Waals surface area contributed by atoms with E-state index in [1.165, 1.54) is 35.0 Å². The quantitative estimate of drug-likeness (QED) is 0.0411. The van der Waals surface area contributed by atoms with Gasteiger partial charge in [0.15, 0.2) is 21.8 Å². The van der Waals surface area contributed by atoms with Crippen LogP contribution in [-0.4, -0.2) is 85.6 Å². The molecule has 3 atom stereocenters. The number of nitrogens with zero attached hydrogens (tertiary/aromatic N) is 2. The first-order valence-corrected chi connectivity index (χ1v) is 26.2. The summed E-state index contributed by atoms with van der Waals surface area (Å²) in [6, 6.07) is 35.6. The third kappa shape index (κ3) is 15.2. The lowest BCUT2D eigenvalue weighted by molar-refractivity contribution is -0.0384. The fraction of sp³-hybridized carbons (Fsp3) is 0.326. The number of hydrogen-bond acceptors (Lipinski definition) is 9. The Morgan fingerprint density at radius 2 is 1.62 bits per heavy atom. The summed E-state index contributed by atoms with van der Waals surface area (Å²) in [4.78, 5) is 35.7. The largest absolute Gasteiger partial charge is 0.475 e. The maximum atomic E-state index is 14.1. The van der Waals surface area contributed by atoms with E-state index in [2.05, 4.69) is 37.7 Å². The zero-order valence-electron chi connectivity index (χ0n) is 35.5. The second-order valence-corrected chi connectivity index (χ2v) is 20.9. The Labute approximate surface area is 391 Å². The van der Waals surface area contributed by atoms with Gasteiger partial charge in [0, 0.05) is 59.1 Å². The number of nitrogens with one attached hydrogen (secondary N) is 2. The molecule has 5 aromatic carbocycles. The third-order valence-electron chi connectivity index (χ3n) is 11.0. The normalized spacial score (nSPS) is 15.1. The summed E-state index contributed by atoms with van der Waals surface area (Å²) in [6.07, 6.45) is 3.29. The van der Waals surface area contributed by atoms with Gasteiger partial charge < -0.3 is 24.9 Å². The second kappa shape index (κ2) is 23.6. The summed E-state index contributed by atoms with van der Waals surface area (Å²) in [5.74, 6) is 0.187. The molecular weight excluding hydrogens is 940 g/mol. The van der Waals surface area contributed by atoms with E-state index >= 15 is 0 Å². The number of alkyl halides is 3. The van der Waals surface area contributed by atoms with Crippen LogP contribution in [0.15, 0.2) is 136 Å². The van der Waals surface area contributed by atoms with Crippen molar-refractivity contribution in [1.29, 1.82) is 0 Å². The molecule has 0 radical (unpaired) electrons. The molecule has 0 aromatic heterocycles. The van der Waals surface area contributed by atoms with Gasteiger partial charge in [-0.25, -0.2) is 13.0 Å². The van der Waals surface area contributed by atoms with E-state index in [9.17, 15) is 30.9 Å². The highest BCUT2D eigenvalue weighted by Gasteiger charge is 2.40. The molecule has 1 fully saturated rings. The van der Waals surface area contributed by atoms with Crippen LogP contribution in [0.4, 0.5) is 24.5 Å². The molecule has 6 rings (SSSR count). The van der Waals surface area contributed by atoms with Crippen LogP contribution >= 0.6 is 31.2 Å². The van der Waals surface area contributed by atoms with E-state index in [4.69, 9.17) is 21.4 Å². The van der Waals surface area contributed by atoms with Crippen LogP contribution in [0.2, 0.25) is 5.02 Å². The molecule has 19 heteroatoms. The number of likely N-dealkylation sites (N-methyl/N-ethyl adjacent to an activating group) is 1. The Morgan fingerprint density at radius 1 is 0.938 bits per heavy atom. The second-order valence-electron chi connectivity index (χ2n) is 15.4. The van der Waals surface area contributed by atoms with E-state index in [0.29, 0.717) is 36.2 Å². The monoisotopic (exact) mass is 990 g/mol. The smallest absolute Gasteiger partial charge is 0.380 e. The number of hydrogen-bond donors (Lipinski definition) is 4. The van der Waals surface area contributed by atoms with Gasteiger partial charge >= 0.3 is 13.3 Å². The van der Waals surface area contributed by atoms with Crippen molar-refractivity contribution in [2.24, 2.45) is 5.92 Å². The lowest BCUT2D eigenvalue weighted by Crippen LogP contribution is -2.34. The standard InChI is InChI=1S/C46H51ClF3N4O7PS3/c1-2-53(28-29-61-62(56,57)58)25-24-38(32-63-40-9-4-3-5-10-40)51-43-21-20-41(31-44(43)64(59)46(48,49)50)65(60)52-45(55)35-14-18-39(19-15-35)54-26-22-33(23-27-54)30-36-8-6-7-11-42(36)34-12-16-37(47)17-13-34/h3-21,31,33,38,51H,2,22-30,32H2,1H3,(H,52,55)(H2,56,57,58). The van der Waals surface area contributed by atoms with Crippen LogP contribution in [0.1, 0.15) is 42.1 Å². The van der Waals surface area contributed by atoms with Crippen LogP contribution in [0, 0.1) is 5.92 Å². The van der Waals surface area contributed by atoms with E-state index in [-0.39, 0.29) is 29.3 Å². The van der Waals surface area contributed by atoms with Gasteiger partial charge in [0.25, 0.3) is 5.91 Å². The van der Waals surface area contributed by atoms with Crippen molar-refractivity contribution in [1.82, 2.24) is 9.62 Å². The van der Waals surface area contributed by atoms with Crippen molar-refractivity contribution < 1.29 is 45.3 Å². The Kier molecular flexibility index (Phi) is 18.3. The first-order chi connectivity index (χ1) is 31.1. The number of phosphoric ester groups is 1. The van der Waals surface area contributed by atoms with E-state index < -0.39 is 52.0 Å². The van der Waals surface area contributed by atoms with E-state index in [0.717, 1.165) is 54.6 Å². The highest BCUT2D eigenvalue weighted by Crippen LogP contribution is 2.36. The fourth-order valence-corrected chi connectivity index (χ4v) is 10.7. The summed E-state index contributed by atoms with van der Waals surface area (Å²) in [7, 11) is -10.5. The topological polar surface area (TPSA) is 149 Å². The summed E-state index contributed by atoms with van der Waals surface area (Å²) in [5.41, 5.74) is -0.464. The zero-order chi connectivity index (χ0) is 46.6. The number of thioether (sulfide) groups is 1. The molecule has 1 heterocycles. The van der Waals surface area contributed by atoms with Crippen LogP contribution < -0.4 is 14.9 Å². The number of rotatable bonds is 21. The maximum Gasteiger partial charge on any atom is 0.475 e. The van der Waals surface area contributed by atoms with Gasteiger partial charge in [0.1, 0.15) is 0 Å². The van der Waals surface area contributed by atoms with Gasteiger partial charge in [0.2, 0.25) is 0 Å². The minimum Gasteiger partial charge on any atom is -0.380 e. The van der Waals surface area contributed by atoms with Crippen LogP contribution in [0.3, 0.4) is 0 Å². The molecule has 5 aromatic rings. The number of anilines is 2. The van der Waals surface area contributed by atoms with Crippen LogP contribution in [0.25, 0.3) is 11.1 Å². The lowest BCUT2D eigenvalue weighted by Gasteiger charge is -2.34. The first-order valence-electron chi connectivity index (χ1n) is 21.0. The zero-order valence-corrected chi connectivity index (χ0v) is 39.6. The summed E-state index contributed by atoms with van der Waals surface area (Å²) in [6.45, 7) is 4.38. The van der Waals surface area contributed by atoms with Crippen molar-refractivity contribution in [3.05, 3.63) is 137 Å². The van der Waals surface area contributed by atoms with Gasteiger partial charge in [-0.3, -0.25) is 14.0 Å². The molecule has 1 aliphatic heterocycles. The molecule has 1 aliphatic rings. The molecule has 348 valence electrons. The molecule has 3 unspecified atom stereocenters. The highest BCUT2D eigenvalue weighted by atomic mass is 35.5. The van der Waals surface area contributed by atoms with Crippen molar-refractivity contribution in [3.63, 3.8) is 0 Å². The van der Waals surface area contributed by atoms with E-state index in [1.807, 2.05) is 84.6 Å². The SMILES string of the molecule is CCN(CCOP(=O)(O)O)CCC(CSc1ccccc1)Nc1ccc(S(=O)NC(=O)c2ccc(N3CCC(Cc4ccccc4-c4ccc(Cl)cc4)CC3)cc2)cc1S(=O)C(F)(F)F. The average molecular weight is 992 g/mol. The van der Waals surface area contributed by atoms with Gasteiger partial charge in [-0.15, -0.1) is 11.8 Å². The minimum atomic E-state index is -5.15. The Morgan fingerprint density at radius 3 is 2.28 bits per heavy atom. The number of carbonyl (C=O) groups is 1. The molecule has 0 aliphatic carbocycles. The molecule has 0 saturated carbocycles. The van der Waals surface area contributed by atoms with Crippen LogP contribution in [-0.2, 0) is 37.3 Å². The molecule has 65 heavy (non-hydrogen) atoms. The number of benzene rings is 5. The number of piperidine rings is 1. The minimum absolute atomic E-state index is 0.0818. The van der Waals surface area contributed by atoms with Crippen LogP contribution in [0.5, 0.6) is 0 Å². The molecule has 11 nitrogen and oxygen atoms in total. The molecule has 1 saturated heterocycles. The number of amides is 1. The number of phosphoric acid groups is 1. The highest BCUT2D eigenvalue weighted by molar-refractivity contribution is 7.99. The molecule has 4 N–H and O–H groups in total. The average Bonchev–Trinajstić information content (AvgIpc) is 3.29. The molecule has 0 bridgehead atoms.